The molecule has 0 radical (unpaired) electrons. The molecule has 0 spiro atoms. The zero-order valence-electron chi connectivity index (χ0n) is 10.1. The molecule has 0 unspecified atom stereocenters. The van der Waals surface area contributed by atoms with Crippen LogP contribution in [0.1, 0.15) is 20.3 Å². The SMILES string of the molecule is CCO[C@@H]1CN(C(=O)[C@H](Cl)CC)C[C@@H]1OC. The largest absolute Gasteiger partial charge is 0.377 e. The third-order valence-electron chi connectivity index (χ3n) is 2.84. The topological polar surface area (TPSA) is 38.8 Å². The second-order valence-corrected chi connectivity index (χ2v) is 4.41. The molecule has 16 heavy (non-hydrogen) atoms. The van der Waals surface area contributed by atoms with Crippen LogP contribution < -0.4 is 0 Å². The monoisotopic (exact) mass is 249 g/mol. The predicted molar refractivity (Wildman–Crippen MR) is 62.7 cm³/mol. The maximum Gasteiger partial charge on any atom is 0.240 e. The van der Waals surface area contributed by atoms with Gasteiger partial charge in [-0.1, -0.05) is 6.92 Å². The van der Waals surface area contributed by atoms with Crippen LogP contribution in [0.2, 0.25) is 0 Å². The number of likely N-dealkylation sites (tertiary alicyclic amines) is 1. The maximum absolute atomic E-state index is 11.9. The molecule has 0 aliphatic carbocycles. The van der Waals surface area contributed by atoms with Gasteiger partial charge in [0.05, 0.1) is 0 Å². The van der Waals surface area contributed by atoms with Gasteiger partial charge in [-0.3, -0.25) is 4.79 Å². The Labute approximate surface area is 102 Å². The van der Waals surface area contributed by atoms with E-state index in [4.69, 9.17) is 21.1 Å². The van der Waals surface area contributed by atoms with Gasteiger partial charge in [0.15, 0.2) is 0 Å². The fourth-order valence-electron chi connectivity index (χ4n) is 1.90. The summed E-state index contributed by atoms with van der Waals surface area (Å²) in [5, 5.41) is -0.433. The molecular formula is C11H20ClNO3. The highest BCUT2D eigenvalue weighted by atomic mass is 35.5. The summed E-state index contributed by atoms with van der Waals surface area (Å²) >= 11 is 5.94. The number of rotatable bonds is 5. The molecule has 1 fully saturated rings. The van der Waals surface area contributed by atoms with Crippen molar-refractivity contribution in [2.24, 2.45) is 0 Å². The van der Waals surface area contributed by atoms with E-state index < -0.39 is 5.38 Å². The van der Waals surface area contributed by atoms with Crippen LogP contribution in [-0.2, 0) is 14.3 Å². The minimum atomic E-state index is -0.433. The van der Waals surface area contributed by atoms with Gasteiger partial charge in [-0.15, -0.1) is 11.6 Å². The van der Waals surface area contributed by atoms with Crippen molar-refractivity contribution < 1.29 is 14.3 Å². The average Bonchev–Trinajstić information content (AvgIpc) is 2.70. The number of amides is 1. The summed E-state index contributed by atoms with van der Waals surface area (Å²) in [6, 6.07) is 0. The van der Waals surface area contributed by atoms with Crippen LogP contribution in [0.25, 0.3) is 0 Å². The van der Waals surface area contributed by atoms with E-state index >= 15 is 0 Å². The summed E-state index contributed by atoms with van der Waals surface area (Å²) in [4.78, 5) is 13.6. The number of carbonyl (C=O) groups is 1. The Kier molecular flexibility index (Phi) is 5.52. The van der Waals surface area contributed by atoms with Crippen LogP contribution in [0.4, 0.5) is 0 Å². The fraction of sp³-hybridized carbons (Fsp3) is 0.909. The van der Waals surface area contributed by atoms with E-state index in [1.165, 1.54) is 0 Å². The maximum atomic E-state index is 11.9. The van der Waals surface area contributed by atoms with Crippen molar-refractivity contribution >= 4 is 17.5 Å². The number of hydrogen-bond donors (Lipinski definition) is 0. The van der Waals surface area contributed by atoms with Crippen LogP contribution in [0.15, 0.2) is 0 Å². The molecule has 1 aliphatic heterocycles. The molecule has 1 rings (SSSR count). The highest BCUT2D eigenvalue weighted by Crippen LogP contribution is 2.19. The molecule has 0 N–H and O–H groups in total. The average molecular weight is 250 g/mol. The smallest absolute Gasteiger partial charge is 0.240 e. The molecule has 1 heterocycles. The third kappa shape index (κ3) is 3.09. The van der Waals surface area contributed by atoms with Crippen LogP contribution in [0.3, 0.4) is 0 Å². The lowest BCUT2D eigenvalue weighted by Crippen LogP contribution is -2.35. The third-order valence-corrected chi connectivity index (χ3v) is 3.33. The number of ether oxygens (including phenoxy) is 2. The lowest BCUT2D eigenvalue weighted by molar-refractivity contribution is -0.130. The molecule has 0 aromatic rings. The van der Waals surface area contributed by atoms with Gasteiger partial charge in [0, 0.05) is 26.8 Å². The Hall–Kier alpha value is -0.320. The van der Waals surface area contributed by atoms with E-state index in [-0.39, 0.29) is 18.1 Å². The minimum Gasteiger partial charge on any atom is -0.377 e. The Balaban J connectivity index is 2.56. The normalized spacial score (nSPS) is 27.1. The molecule has 0 aromatic heterocycles. The van der Waals surface area contributed by atoms with Gasteiger partial charge in [0.2, 0.25) is 5.91 Å². The second-order valence-electron chi connectivity index (χ2n) is 3.89. The molecule has 1 saturated heterocycles. The first-order valence-electron chi connectivity index (χ1n) is 5.71. The van der Waals surface area contributed by atoms with Crippen molar-refractivity contribution in [1.82, 2.24) is 4.90 Å². The number of carbonyl (C=O) groups excluding carboxylic acids is 1. The number of methoxy groups -OCH3 is 1. The molecular weight excluding hydrogens is 230 g/mol. The summed E-state index contributed by atoms with van der Waals surface area (Å²) in [5.74, 6) is -0.0200. The van der Waals surface area contributed by atoms with E-state index in [1.54, 1.807) is 12.0 Å². The Bertz CT molecular complexity index is 237. The molecule has 0 saturated carbocycles. The molecule has 0 bridgehead atoms. The van der Waals surface area contributed by atoms with Crippen LogP contribution in [-0.4, -0.2) is 55.2 Å². The summed E-state index contributed by atoms with van der Waals surface area (Å²) in [6.07, 6.45) is 0.581. The Morgan fingerprint density at radius 3 is 2.56 bits per heavy atom. The minimum absolute atomic E-state index is 0.0200. The zero-order valence-corrected chi connectivity index (χ0v) is 10.9. The van der Waals surface area contributed by atoms with Gasteiger partial charge < -0.3 is 14.4 Å². The van der Waals surface area contributed by atoms with Gasteiger partial charge in [-0.2, -0.15) is 0 Å². The van der Waals surface area contributed by atoms with Gasteiger partial charge in [0.1, 0.15) is 17.6 Å². The number of halogens is 1. The Morgan fingerprint density at radius 1 is 1.44 bits per heavy atom. The molecule has 0 aromatic carbocycles. The molecule has 4 nitrogen and oxygen atoms in total. The predicted octanol–water partition coefficient (Wildman–Crippen LogP) is 1.27. The molecule has 1 aliphatic rings. The molecule has 5 heteroatoms. The zero-order chi connectivity index (χ0) is 12.1. The summed E-state index contributed by atoms with van der Waals surface area (Å²) in [5.41, 5.74) is 0. The lowest BCUT2D eigenvalue weighted by Gasteiger charge is -2.18. The van der Waals surface area contributed by atoms with Crippen molar-refractivity contribution in [2.75, 3.05) is 26.8 Å². The first-order chi connectivity index (χ1) is 7.63. The standard InChI is InChI=1S/C11H20ClNO3/c1-4-8(12)11(14)13-6-9(15-3)10(7-13)16-5-2/h8-10H,4-7H2,1-3H3/t8-,9+,10-/m1/s1. The second kappa shape index (κ2) is 6.42. The highest BCUT2D eigenvalue weighted by Gasteiger charge is 2.37. The number of hydrogen-bond acceptors (Lipinski definition) is 3. The summed E-state index contributed by atoms with van der Waals surface area (Å²) < 4.78 is 10.8. The molecule has 3 atom stereocenters. The molecule has 1 amide bonds. The van der Waals surface area contributed by atoms with Gasteiger partial charge in [-0.25, -0.2) is 0 Å². The molecule has 94 valence electrons. The fourth-order valence-corrected chi connectivity index (χ4v) is 2.04. The van der Waals surface area contributed by atoms with E-state index in [0.717, 1.165) is 0 Å². The van der Waals surface area contributed by atoms with Gasteiger partial charge in [0.25, 0.3) is 0 Å². The van der Waals surface area contributed by atoms with Crippen LogP contribution in [0.5, 0.6) is 0 Å². The first-order valence-corrected chi connectivity index (χ1v) is 6.14. The van der Waals surface area contributed by atoms with Crippen molar-refractivity contribution in [3.63, 3.8) is 0 Å². The number of nitrogens with zero attached hydrogens (tertiary/aromatic N) is 1. The summed E-state index contributed by atoms with van der Waals surface area (Å²) in [7, 11) is 1.64. The van der Waals surface area contributed by atoms with E-state index in [2.05, 4.69) is 0 Å². The van der Waals surface area contributed by atoms with Crippen LogP contribution >= 0.6 is 11.6 Å². The van der Waals surface area contributed by atoms with E-state index in [0.29, 0.717) is 26.1 Å². The number of alkyl halides is 1. The highest BCUT2D eigenvalue weighted by molar-refractivity contribution is 6.30. The van der Waals surface area contributed by atoms with Crippen molar-refractivity contribution in [1.29, 1.82) is 0 Å². The van der Waals surface area contributed by atoms with Crippen molar-refractivity contribution in [3.05, 3.63) is 0 Å². The van der Waals surface area contributed by atoms with Crippen molar-refractivity contribution in [2.45, 2.75) is 37.9 Å². The van der Waals surface area contributed by atoms with E-state index in [1.807, 2.05) is 13.8 Å². The van der Waals surface area contributed by atoms with Gasteiger partial charge in [-0.05, 0) is 13.3 Å². The lowest BCUT2D eigenvalue weighted by atomic mass is 10.2. The first kappa shape index (κ1) is 13.7. The van der Waals surface area contributed by atoms with Crippen molar-refractivity contribution in [3.8, 4) is 0 Å². The summed E-state index contributed by atoms with van der Waals surface area (Å²) in [6.45, 7) is 5.62. The quantitative estimate of drug-likeness (QED) is 0.689. The van der Waals surface area contributed by atoms with Crippen LogP contribution in [0, 0.1) is 0 Å². The van der Waals surface area contributed by atoms with Gasteiger partial charge >= 0.3 is 0 Å². The Morgan fingerprint density at radius 2 is 2.06 bits per heavy atom. The van der Waals surface area contributed by atoms with E-state index in [9.17, 15) is 4.79 Å².